The molecule has 1 aromatic carbocycles. The van der Waals surface area contributed by atoms with Crippen molar-refractivity contribution in [3.63, 3.8) is 0 Å². The Morgan fingerprint density at radius 3 is 2.56 bits per heavy atom. The van der Waals surface area contributed by atoms with Gasteiger partial charge in [-0.2, -0.15) is 0 Å². The predicted molar refractivity (Wildman–Crippen MR) is 77.8 cm³/mol. The molecule has 1 aliphatic carbocycles. The highest BCUT2D eigenvalue weighted by Crippen LogP contribution is 2.41. The highest BCUT2D eigenvalue weighted by molar-refractivity contribution is 8.93. The van der Waals surface area contributed by atoms with Crippen molar-refractivity contribution in [1.82, 2.24) is 4.90 Å². The Morgan fingerprint density at radius 1 is 1.33 bits per heavy atom. The van der Waals surface area contributed by atoms with E-state index in [4.69, 9.17) is 5.73 Å². The lowest BCUT2D eigenvalue weighted by molar-refractivity contribution is 0.0345. The van der Waals surface area contributed by atoms with Crippen LogP contribution >= 0.6 is 17.0 Å². The largest absolute Gasteiger partial charge is 0.391 e. The Kier molecular flexibility index (Phi) is 4.11. The summed E-state index contributed by atoms with van der Waals surface area (Å²) in [5.74, 6) is 0.473. The molecule has 5 atom stereocenters. The molecule has 100 valence electrons. The number of rotatable bonds is 2. The first-order chi connectivity index (χ1) is 8.18. The van der Waals surface area contributed by atoms with Gasteiger partial charge in [-0.3, -0.25) is 4.90 Å². The first-order valence-corrected chi connectivity index (χ1v) is 6.43. The van der Waals surface area contributed by atoms with Crippen LogP contribution in [0.5, 0.6) is 0 Å². The van der Waals surface area contributed by atoms with Crippen molar-refractivity contribution in [1.29, 1.82) is 0 Å². The topological polar surface area (TPSA) is 49.5 Å². The quantitative estimate of drug-likeness (QED) is 0.874. The fourth-order valence-electron chi connectivity index (χ4n) is 3.51. The van der Waals surface area contributed by atoms with E-state index in [1.54, 1.807) is 0 Å². The minimum atomic E-state index is -0.241. The average molecular weight is 313 g/mol. The zero-order valence-corrected chi connectivity index (χ0v) is 12.3. The van der Waals surface area contributed by atoms with Gasteiger partial charge in [0.1, 0.15) is 0 Å². The van der Waals surface area contributed by atoms with E-state index >= 15 is 0 Å². The first-order valence-electron chi connectivity index (χ1n) is 6.43. The van der Waals surface area contributed by atoms with E-state index in [9.17, 15) is 5.11 Å². The van der Waals surface area contributed by atoms with Crippen molar-refractivity contribution < 1.29 is 5.11 Å². The van der Waals surface area contributed by atoms with Gasteiger partial charge in [0.05, 0.1) is 12.1 Å². The summed E-state index contributed by atoms with van der Waals surface area (Å²) in [6.45, 7) is 3.23. The van der Waals surface area contributed by atoms with Gasteiger partial charge >= 0.3 is 0 Å². The number of aliphatic hydroxyl groups excluding tert-OH is 1. The molecule has 1 aliphatic heterocycles. The van der Waals surface area contributed by atoms with Crippen LogP contribution in [0.1, 0.15) is 24.9 Å². The van der Waals surface area contributed by atoms with E-state index in [1.165, 1.54) is 5.56 Å². The van der Waals surface area contributed by atoms with Gasteiger partial charge < -0.3 is 10.8 Å². The Labute approximate surface area is 119 Å². The number of benzene rings is 1. The van der Waals surface area contributed by atoms with Crippen LogP contribution in [0.15, 0.2) is 30.3 Å². The molecule has 1 heterocycles. The second-order valence-corrected chi connectivity index (χ2v) is 5.41. The van der Waals surface area contributed by atoms with Crippen LogP contribution in [0, 0.1) is 5.92 Å². The van der Waals surface area contributed by atoms with Crippen molar-refractivity contribution in [2.45, 2.75) is 37.6 Å². The SMILES string of the molecule is Br.CC(c1ccccc1)N1C[C@H]2C[C@H](O)[C@H]1[C@@H]2N. The number of fused-ring (bicyclic) bond motifs is 2. The standard InChI is InChI=1S/C14H20N2O.BrH/c1-9(10-5-3-2-4-6-10)16-8-11-7-12(17)14(16)13(11)15;/h2-6,9,11-14,17H,7-8,15H2,1H3;1H/t9?,11-,12+,13-,14+;/m1./s1. The van der Waals surface area contributed by atoms with E-state index in [0.29, 0.717) is 12.0 Å². The lowest BCUT2D eigenvalue weighted by Gasteiger charge is -2.35. The summed E-state index contributed by atoms with van der Waals surface area (Å²) in [7, 11) is 0. The van der Waals surface area contributed by atoms with Gasteiger partial charge in [0.2, 0.25) is 0 Å². The summed E-state index contributed by atoms with van der Waals surface area (Å²) < 4.78 is 0. The van der Waals surface area contributed by atoms with Gasteiger partial charge in [-0.25, -0.2) is 0 Å². The molecule has 18 heavy (non-hydrogen) atoms. The van der Waals surface area contributed by atoms with Gasteiger partial charge in [-0.15, -0.1) is 17.0 Å². The number of halogens is 1. The van der Waals surface area contributed by atoms with Crippen LogP contribution < -0.4 is 5.73 Å². The number of nitrogens with two attached hydrogens (primary N) is 1. The molecule has 1 saturated heterocycles. The number of aliphatic hydroxyl groups is 1. The Hall–Kier alpha value is -0.420. The Bertz CT molecular complexity index is 400. The Morgan fingerprint density at radius 2 is 2.00 bits per heavy atom. The van der Waals surface area contributed by atoms with E-state index in [1.807, 2.05) is 6.07 Å². The molecular weight excluding hydrogens is 292 g/mol. The second-order valence-electron chi connectivity index (χ2n) is 5.41. The maximum Gasteiger partial charge on any atom is 0.0714 e. The molecule has 3 N–H and O–H groups in total. The third kappa shape index (κ3) is 2.11. The molecule has 1 aromatic rings. The molecule has 2 bridgehead atoms. The molecule has 2 aliphatic rings. The van der Waals surface area contributed by atoms with E-state index in [0.717, 1.165) is 13.0 Å². The molecule has 0 aromatic heterocycles. The molecule has 0 spiro atoms. The van der Waals surface area contributed by atoms with Crippen molar-refractivity contribution >= 4 is 17.0 Å². The zero-order valence-electron chi connectivity index (χ0n) is 10.6. The molecular formula is C14H21BrN2O. The molecule has 2 fully saturated rings. The van der Waals surface area contributed by atoms with Gasteiger partial charge in [0, 0.05) is 18.6 Å². The minimum absolute atomic E-state index is 0. The van der Waals surface area contributed by atoms with Crippen molar-refractivity contribution in [2.24, 2.45) is 11.7 Å². The number of hydrogen-bond acceptors (Lipinski definition) is 3. The highest BCUT2D eigenvalue weighted by atomic mass is 79.9. The Balaban J connectivity index is 0.00000120. The molecule has 0 radical (unpaired) electrons. The van der Waals surface area contributed by atoms with Crippen LogP contribution in [0.3, 0.4) is 0 Å². The summed E-state index contributed by atoms with van der Waals surface area (Å²) >= 11 is 0. The molecule has 1 unspecified atom stereocenters. The smallest absolute Gasteiger partial charge is 0.0714 e. The summed E-state index contributed by atoms with van der Waals surface area (Å²) in [4.78, 5) is 2.37. The van der Waals surface area contributed by atoms with Crippen molar-refractivity contribution in [3.05, 3.63) is 35.9 Å². The second kappa shape index (κ2) is 5.29. The molecule has 0 amide bonds. The normalized spacial score (nSPS) is 36.4. The van der Waals surface area contributed by atoms with Crippen LogP contribution in [0.2, 0.25) is 0 Å². The van der Waals surface area contributed by atoms with Crippen LogP contribution in [-0.4, -0.2) is 34.7 Å². The van der Waals surface area contributed by atoms with Crippen molar-refractivity contribution in [3.8, 4) is 0 Å². The fraction of sp³-hybridized carbons (Fsp3) is 0.571. The van der Waals surface area contributed by atoms with Crippen molar-refractivity contribution in [2.75, 3.05) is 6.54 Å². The van der Waals surface area contributed by atoms with Crippen LogP contribution in [0.25, 0.3) is 0 Å². The van der Waals surface area contributed by atoms with E-state index in [-0.39, 0.29) is 35.2 Å². The lowest BCUT2D eigenvalue weighted by atomic mass is 10.0. The maximum atomic E-state index is 10.0. The number of likely N-dealkylation sites (tertiary alicyclic amines) is 1. The van der Waals surface area contributed by atoms with Gasteiger partial charge in [-0.05, 0) is 24.8 Å². The average Bonchev–Trinajstić information content (AvgIpc) is 2.81. The molecule has 1 saturated carbocycles. The summed E-state index contributed by atoms with van der Waals surface area (Å²) in [6.07, 6.45) is 0.638. The predicted octanol–water partition coefficient (Wildman–Crippen LogP) is 1.72. The first kappa shape index (κ1) is 14.0. The van der Waals surface area contributed by atoms with Gasteiger partial charge in [-0.1, -0.05) is 30.3 Å². The monoisotopic (exact) mass is 312 g/mol. The van der Waals surface area contributed by atoms with Crippen LogP contribution in [0.4, 0.5) is 0 Å². The molecule has 3 nitrogen and oxygen atoms in total. The summed E-state index contributed by atoms with van der Waals surface area (Å²) in [5.41, 5.74) is 7.48. The third-order valence-corrected chi connectivity index (χ3v) is 4.48. The minimum Gasteiger partial charge on any atom is -0.391 e. The fourth-order valence-corrected chi connectivity index (χ4v) is 3.51. The van der Waals surface area contributed by atoms with E-state index < -0.39 is 0 Å². The third-order valence-electron chi connectivity index (χ3n) is 4.48. The van der Waals surface area contributed by atoms with Gasteiger partial charge in [0.15, 0.2) is 0 Å². The number of piperidine rings is 1. The van der Waals surface area contributed by atoms with E-state index in [2.05, 4.69) is 36.1 Å². The summed E-state index contributed by atoms with van der Waals surface area (Å²) in [5, 5.41) is 10.0. The molecule has 3 rings (SSSR count). The summed E-state index contributed by atoms with van der Waals surface area (Å²) in [6, 6.07) is 11.1. The van der Waals surface area contributed by atoms with Crippen LogP contribution in [-0.2, 0) is 0 Å². The maximum absolute atomic E-state index is 10.0. The highest BCUT2D eigenvalue weighted by Gasteiger charge is 2.51. The lowest BCUT2D eigenvalue weighted by Crippen LogP contribution is -2.46. The zero-order chi connectivity index (χ0) is 12.0. The number of hydrogen-bond donors (Lipinski definition) is 2. The van der Waals surface area contributed by atoms with Gasteiger partial charge in [0.25, 0.3) is 0 Å². The number of nitrogens with zero attached hydrogens (tertiary/aromatic N) is 1. The molecule has 4 heteroatoms.